The lowest BCUT2D eigenvalue weighted by Crippen LogP contribution is -2.54. The van der Waals surface area contributed by atoms with Crippen molar-refractivity contribution < 1.29 is 22.7 Å². The lowest BCUT2D eigenvalue weighted by Gasteiger charge is -2.33. The molecule has 0 saturated carbocycles. The van der Waals surface area contributed by atoms with Crippen LogP contribution in [-0.2, 0) is 43.9 Å². The van der Waals surface area contributed by atoms with Crippen LogP contribution in [0.4, 0.5) is 0 Å². The molecule has 1 aliphatic heterocycles. The van der Waals surface area contributed by atoms with Crippen molar-refractivity contribution in [2.24, 2.45) is 0 Å². The van der Waals surface area contributed by atoms with E-state index in [0.717, 1.165) is 40.3 Å². The summed E-state index contributed by atoms with van der Waals surface area (Å²) in [7, 11) is -3.75. The molecule has 0 aromatic heterocycles. The van der Waals surface area contributed by atoms with E-state index in [2.05, 4.69) is 10.2 Å². The van der Waals surface area contributed by atoms with Gasteiger partial charge in [0.15, 0.2) is 0 Å². The van der Waals surface area contributed by atoms with Gasteiger partial charge in [0, 0.05) is 50.7 Å². The van der Waals surface area contributed by atoms with E-state index in [0.29, 0.717) is 31.3 Å². The summed E-state index contributed by atoms with van der Waals surface area (Å²) in [4.78, 5) is 31.7. The molecule has 230 valence electrons. The fourth-order valence-electron chi connectivity index (χ4n) is 4.94. The zero-order valence-electron chi connectivity index (χ0n) is 24.4. The maximum Gasteiger partial charge on any atom is 0.243 e. The monoisotopic (exact) mass is 626 g/mol. The van der Waals surface area contributed by atoms with E-state index < -0.39 is 28.5 Å². The summed E-state index contributed by atoms with van der Waals surface area (Å²) < 4.78 is 32.2. The number of halogens is 1. The van der Waals surface area contributed by atoms with E-state index in [1.165, 1.54) is 4.90 Å². The van der Waals surface area contributed by atoms with Crippen LogP contribution >= 0.6 is 11.6 Å². The third-order valence-electron chi connectivity index (χ3n) is 7.35. The Hall–Kier alpha value is -3.28. The van der Waals surface area contributed by atoms with Crippen molar-refractivity contribution in [2.45, 2.75) is 25.6 Å². The van der Waals surface area contributed by atoms with Crippen LogP contribution < -0.4 is 5.32 Å². The van der Waals surface area contributed by atoms with Crippen LogP contribution in [-0.4, -0.2) is 92.6 Å². The summed E-state index contributed by atoms with van der Waals surface area (Å²) in [5, 5.41) is 3.59. The standard InChI is InChI=1S/C32H39ClN4O5S/c1-43(40,41)36(23-27-10-6-3-7-11-27)25-31(38)37(24-28-12-14-29(33)15-13-28)30(22-26-8-4-2-5-9-26)32(39)34-16-17-35-18-20-42-21-19-35/h2-15,30H,16-25H2,1H3,(H,34,39). The van der Waals surface area contributed by atoms with Gasteiger partial charge in [-0.3, -0.25) is 14.5 Å². The van der Waals surface area contributed by atoms with Crippen molar-refractivity contribution in [3.8, 4) is 0 Å². The van der Waals surface area contributed by atoms with E-state index in [4.69, 9.17) is 16.3 Å². The second kappa shape index (κ2) is 16.0. The number of rotatable bonds is 14. The first-order valence-electron chi connectivity index (χ1n) is 14.3. The predicted molar refractivity (Wildman–Crippen MR) is 168 cm³/mol. The van der Waals surface area contributed by atoms with Crippen molar-refractivity contribution in [1.29, 1.82) is 0 Å². The summed E-state index contributed by atoms with van der Waals surface area (Å²) in [5.74, 6) is -0.769. The summed E-state index contributed by atoms with van der Waals surface area (Å²) in [6.45, 7) is 3.73. The highest BCUT2D eigenvalue weighted by molar-refractivity contribution is 7.88. The molecule has 3 aromatic carbocycles. The van der Waals surface area contributed by atoms with Gasteiger partial charge in [0.1, 0.15) is 6.04 Å². The molecule has 1 N–H and O–H groups in total. The molecule has 1 aliphatic rings. The van der Waals surface area contributed by atoms with Gasteiger partial charge >= 0.3 is 0 Å². The van der Waals surface area contributed by atoms with Gasteiger partial charge in [0.2, 0.25) is 21.8 Å². The minimum atomic E-state index is -3.75. The second-order valence-electron chi connectivity index (χ2n) is 10.6. The molecule has 1 fully saturated rings. The summed E-state index contributed by atoms with van der Waals surface area (Å²) >= 11 is 6.12. The first kappa shape index (κ1) is 32.6. The zero-order chi connectivity index (χ0) is 30.7. The number of nitrogens with zero attached hydrogens (tertiary/aromatic N) is 3. The first-order chi connectivity index (χ1) is 20.7. The molecule has 1 atom stereocenters. The zero-order valence-corrected chi connectivity index (χ0v) is 26.0. The number of nitrogens with one attached hydrogen (secondary N) is 1. The van der Waals surface area contributed by atoms with E-state index in [1.54, 1.807) is 24.3 Å². The lowest BCUT2D eigenvalue weighted by molar-refractivity contribution is -0.141. The highest BCUT2D eigenvalue weighted by Crippen LogP contribution is 2.18. The van der Waals surface area contributed by atoms with Crippen LogP contribution in [0.5, 0.6) is 0 Å². The van der Waals surface area contributed by atoms with Crippen molar-refractivity contribution in [3.63, 3.8) is 0 Å². The number of carbonyl (C=O) groups excluding carboxylic acids is 2. The second-order valence-corrected chi connectivity index (χ2v) is 13.0. The average Bonchev–Trinajstić information content (AvgIpc) is 3.00. The van der Waals surface area contributed by atoms with Gasteiger partial charge in [0.05, 0.1) is 26.0 Å². The highest BCUT2D eigenvalue weighted by Gasteiger charge is 2.33. The summed E-state index contributed by atoms with van der Waals surface area (Å²) in [6.07, 6.45) is 1.35. The van der Waals surface area contributed by atoms with Gasteiger partial charge in [-0.2, -0.15) is 4.31 Å². The number of hydrogen-bond donors (Lipinski definition) is 1. The quantitative estimate of drug-likeness (QED) is 0.295. The Kier molecular flexibility index (Phi) is 12.1. The average molecular weight is 627 g/mol. The fourth-order valence-corrected chi connectivity index (χ4v) is 5.79. The molecular formula is C32H39ClN4O5S. The topological polar surface area (TPSA) is 99.3 Å². The summed E-state index contributed by atoms with van der Waals surface area (Å²) in [6, 6.07) is 24.8. The molecule has 1 saturated heterocycles. The number of amides is 2. The number of hydrogen-bond acceptors (Lipinski definition) is 6. The van der Waals surface area contributed by atoms with Gasteiger partial charge in [-0.25, -0.2) is 8.42 Å². The van der Waals surface area contributed by atoms with E-state index in [9.17, 15) is 18.0 Å². The molecule has 2 amide bonds. The first-order valence-corrected chi connectivity index (χ1v) is 16.6. The Labute approximate surface area is 259 Å². The fraction of sp³-hybridized carbons (Fsp3) is 0.375. The van der Waals surface area contributed by atoms with Crippen molar-refractivity contribution >= 4 is 33.4 Å². The third kappa shape index (κ3) is 10.4. The molecule has 3 aromatic rings. The van der Waals surface area contributed by atoms with Crippen LogP contribution in [0.25, 0.3) is 0 Å². The largest absolute Gasteiger partial charge is 0.379 e. The predicted octanol–water partition coefficient (Wildman–Crippen LogP) is 3.19. The third-order valence-corrected chi connectivity index (χ3v) is 8.80. The molecule has 9 nitrogen and oxygen atoms in total. The molecule has 0 spiro atoms. The van der Waals surface area contributed by atoms with Crippen LogP contribution in [0, 0.1) is 0 Å². The van der Waals surface area contributed by atoms with Crippen molar-refractivity contribution in [1.82, 2.24) is 19.4 Å². The number of sulfonamides is 1. The Morgan fingerprint density at radius 2 is 1.47 bits per heavy atom. The minimum Gasteiger partial charge on any atom is -0.379 e. The molecule has 0 bridgehead atoms. The smallest absolute Gasteiger partial charge is 0.243 e. The molecule has 43 heavy (non-hydrogen) atoms. The lowest BCUT2D eigenvalue weighted by atomic mass is 10.0. The molecule has 4 rings (SSSR count). The Morgan fingerprint density at radius 1 is 0.884 bits per heavy atom. The molecule has 11 heteroatoms. The van der Waals surface area contributed by atoms with Crippen molar-refractivity contribution in [2.75, 3.05) is 52.2 Å². The van der Waals surface area contributed by atoms with Gasteiger partial charge in [-0.15, -0.1) is 0 Å². The van der Waals surface area contributed by atoms with Crippen LogP contribution in [0.3, 0.4) is 0 Å². The van der Waals surface area contributed by atoms with E-state index in [-0.39, 0.29) is 25.4 Å². The van der Waals surface area contributed by atoms with Gasteiger partial charge < -0.3 is 15.0 Å². The molecule has 0 aliphatic carbocycles. The Morgan fingerprint density at radius 3 is 2.07 bits per heavy atom. The SMILES string of the molecule is CS(=O)(=O)N(CC(=O)N(Cc1ccc(Cl)cc1)C(Cc1ccccc1)C(=O)NCCN1CCOCC1)Cc1ccccc1. The highest BCUT2D eigenvalue weighted by atomic mass is 35.5. The van der Waals surface area contributed by atoms with Crippen LogP contribution in [0.2, 0.25) is 5.02 Å². The number of benzene rings is 3. The molecule has 1 unspecified atom stereocenters. The molecule has 1 heterocycles. The van der Waals surface area contributed by atoms with E-state index >= 15 is 0 Å². The number of carbonyl (C=O) groups is 2. The number of ether oxygens (including phenoxy) is 1. The molecule has 0 radical (unpaired) electrons. The number of morpholine rings is 1. The Bertz CT molecular complexity index is 1420. The normalized spacial score (nSPS) is 14.8. The summed E-state index contributed by atoms with van der Waals surface area (Å²) in [5.41, 5.74) is 2.41. The Balaban J connectivity index is 1.61. The van der Waals surface area contributed by atoms with Crippen molar-refractivity contribution in [3.05, 3.63) is 107 Å². The van der Waals surface area contributed by atoms with E-state index in [1.807, 2.05) is 60.7 Å². The van der Waals surface area contributed by atoms with Crippen LogP contribution in [0.15, 0.2) is 84.9 Å². The van der Waals surface area contributed by atoms with Gasteiger partial charge in [0.25, 0.3) is 0 Å². The molecular weight excluding hydrogens is 588 g/mol. The maximum absolute atomic E-state index is 14.1. The van der Waals surface area contributed by atoms with Crippen LogP contribution in [0.1, 0.15) is 16.7 Å². The van der Waals surface area contributed by atoms with Gasteiger partial charge in [-0.05, 0) is 28.8 Å². The minimum absolute atomic E-state index is 0.0370. The maximum atomic E-state index is 14.1. The van der Waals surface area contributed by atoms with Gasteiger partial charge in [-0.1, -0.05) is 84.4 Å².